The number of aryl methyl sites for hydroxylation is 1. The molecule has 39 heavy (non-hydrogen) atoms. The number of hydrogen-bond donors (Lipinski definition) is 2. The van der Waals surface area contributed by atoms with E-state index in [1.165, 1.54) is 44.5 Å². The van der Waals surface area contributed by atoms with E-state index in [0.29, 0.717) is 0 Å². The van der Waals surface area contributed by atoms with E-state index in [9.17, 15) is 0 Å². The second-order valence-corrected chi connectivity index (χ2v) is 10.1. The van der Waals surface area contributed by atoms with Gasteiger partial charge in [-0.2, -0.15) is 0 Å². The zero-order chi connectivity index (χ0) is 26.8. The Bertz CT molecular complexity index is 1600. The van der Waals surface area contributed by atoms with E-state index >= 15 is 0 Å². The van der Waals surface area contributed by atoms with E-state index < -0.39 is 0 Å². The molecule has 0 saturated heterocycles. The van der Waals surface area contributed by atoms with Crippen molar-refractivity contribution in [2.45, 2.75) is 6.92 Å². The fraction of sp³-hybridized carbons (Fsp3) is 0.0270. The fourth-order valence-corrected chi connectivity index (χ4v) is 4.93. The summed E-state index contributed by atoms with van der Waals surface area (Å²) in [6.07, 6.45) is 0. The standard InChI is InChI=1S/C37H30N2/c1-25-2-4-26(5-3-25)27-6-10-30(11-7-27)33-22-34(24-35(23-33)32-16-20-37(39)21-17-32)31-12-8-28(9-13-31)29-14-18-36(38)19-15-29/h2-24H,38-39H2,1H3. The Morgan fingerprint density at radius 3 is 0.769 bits per heavy atom. The summed E-state index contributed by atoms with van der Waals surface area (Å²) in [6, 6.07) is 49.1. The molecule has 0 spiro atoms. The molecule has 0 radical (unpaired) electrons. The van der Waals surface area contributed by atoms with E-state index in [-0.39, 0.29) is 0 Å². The summed E-state index contributed by atoms with van der Waals surface area (Å²) in [4.78, 5) is 0. The van der Waals surface area contributed by atoms with Gasteiger partial charge < -0.3 is 11.5 Å². The van der Waals surface area contributed by atoms with Gasteiger partial charge >= 0.3 is 0 Å². The van der Waals surface area contributed by atoms with Gasteiger partial charge in [0.15, 0.2) is 0 Å². The Kier molecular flexibility index (Phi) is 6.44. The largest absolute Gasteiger partial charge is 0.399 e. The first kappa shape index (κ1) is 24.3. The van der Waals surface area contributed by atoms with Crippen LogP contribution in [0.1, 0.15) is 5.56 Å². The van der Waals surface area contributed by atoms with Gasteiger partial charge in [0.2, 0.25) is 0 Å². The van der Waals surface area contributed by atoms with Gasteiger partial charge in [-0.05, 0) is 105 Å². The van der Waals surface area contributed by atoms with Crippen LogP contribution in [0.2, 0.25) is 0 Å². The number of anilines is 2. The van der Waals surface area contributed by atoms with E-state index in [1.54, 1.807) is 0 Å². The molecule has 0 heterocycles. The van der Waals surface area contributed by atoms with Crippen LogP contribution >= 0.6 is 0 Å². The highest BCUT2D eigenvalue weighted by atomic mass is 14.5. The number of nitrogens with two attached hydrogens (primary N) is 2. The van der Waals surface area contributed by atoms with Crippen LogP contribution in [0.5, 0.6) is 0 Å². The first-order chi connectivity index (χ1) is 19.0. The lowest BCUT2D eigenvalue weighted by molar-refractivity contribution is 1.47. The summed E-state index contributed by atoms with van der Waals surface area (Å²) in [7, 11) is 0. The van der Waals surface area contributed by atoms with Crippen molar-refractivity contribution in [3.63, 3.8) is 0 Å². The first-order valence-corrected chi connectivity index (χ1v) is 13.2. The van der Waals surface area contributed by atoms with Crippen molar-refractivity contribution in [1.82, 2.24) is 0 Å². The SMILES string of the molecule is Cc1ccc(-c2ccc(-c3cc(-c4ccc(N)cc4)cc(-c4ccc(-c5ccc(N)cc5)cc4)c3)cc2)cc1. The topological polar surface area (TPSA) is 52.0 Å². The van der Waals surface area contributed by atoms with Crippen molar-refractivity contribution in [1.29, 1.82) is 0 Å². The van der Waals surface area contributed by atoms with E-state index in [2.05, 4.69) is 122 Å². The molecule has 4 N–H and O–H groups in total. The predicted octanol–water partition coefficient (Wildman–Crippen LogP) is 9.49. The molecule has 0 atom stereocenters. The Hall–Kier alpha value is -5.08. The predicted molar refractivity (Wildman–Crippen MR) is 167 cm³/mol. The van der Waals surface area contributed by atoms with Crippen molar-refractivity contribution >= 4 is 11.4 Å². The summed E-state index contributed by atoms with van der Waals surface area (Å²) in [5.74, 6) is 0. The molecular formula is C37H30N2. The molecule has 0 bridgehead atoms. The molecule has 188 valence electrons. The molecule has 0 aliphatic rings. The summed E-state index contributed by atoms with van der Waals surface area (Å²) in [6.45, 7) is 2.12. The lowest BCUT2D eigenvalue weighted by atomic mass is 9.92. The van der Waals surface area contributed by atoms with Crippen molar-refractivity contribution < 1.29 is 0 Å². The smallest absolute Gasteiger partial charge is 0.0314 e. The number of nitrogen functional groups attached to an aromatic ring is 2. The maximum Gasteiger partial charge on any atom is 0.0314 e. The van der Waals surface area contributed by atoms with Crippen LogP contribution in [-0.2, 0) is 0 Å². The summed E-state index contributed by atoms with van der Waals surface area (Å²) < 4.78 is 0. The third kappa shape index (κ3) is 5.32. The zero-order valence-corrected chi connectivity index (χ0v) is 21.9. The van der Waals surface area contributed by atoms with Crippen LogP contribution in [0.25, 0.3) is 55.6 Å². The quantitative estimate of drug-likeness (QED) is 0.231. The summed E-state index contributed by atoms with van der Waals surface area (Å²) >= 11 is 0. The molecule has 0 saturated carbocycles. The number of benzene rings is 6. The summed E-state index contributed by atoms with van der Waals surface area (Å²) in [5, 5.41) is 0. The monoisotopic (exact) mass is 502 g/mol. The van der Waals surface area contributed by atoms with Crippen LogP contribution in [0.4, 0.5) is 11.4 Å². The molecule has 0 amide bonds. The Labute approximate surface area is 230 Å². The van der Waals surface area contributed by atoms with E-state index in [1.807, 2.05) is 24.3 Å². The van der Waals surface area contributed by atoms with Crippen molar-refractivity contribution in [3.05, 3.63) is 145 Å². The van der Waals surface area contributed by atoms with Crippen molar-refractivity contribution in [2.75, 3.05) is 11.5 Å². The first-order valence-electron chi connectivity index (χ1n) is 13.2. The number of rotatable bonds is 5. The van der Waals surface area contributed by atoms with E-state index in [0.717, 1.165) is 28.1 Å². The van der Waals surface area contributed by atoms with Crippen molar-refractivity contribution in [2.24, 2.45) is 0 Å². The average Bonchev–Trinajstić information content (AvgIpc) is 2.98. The Morgan fingerprint density at radius 1 is 0.282 bits per heavy atom. The normalized spacial score (nSPS) is 10.9. The summed E-state index contributed by atoms with van der Waals surface area (Å²) in [5.41, 5.74) is 26.4. The van der Waals surface area contributed by atoms with E-state index in [4.69, 9.17) is 11.5 Å². The maximum atomic E-state index is 5.98. The molecule has 0 unspecified atom stereocenters. The number of hydrogen-bond acceptors (Lipinski definition) is 2. The van der Waals surface area contributed by atoms with Crippen LogP contribution < -0.4 is 11.5 Å². The molecular weight excluding hydrogens is 472 g/mol. The van der Waals surface area contributed by atoms with Gasteiger partial charge in [0.25, 0.3) is 0 Å². The fourth-order valence-electron chi connectivity index (χ4n) is 4.93. The molecule has 0 aromatic heterocycles. The second-order valence-electron chi connectivity index (χ2n) is 10.1. The minimum Gasteiger partial charge on any atom is -0.399 e. The molecule has 2 heteroatoms. The van der Waals surface area contributed by atoms with Gasteiger partial charge in [-0.1, -0.05) is 103 Å². The minimum absolute atomic E-state index is 0.764. The zero-order valence-electron chi connectivity index (χ0n) is 21.9. The van der Waals surface area contributed by atoms with Crippen LogP contribution in [-0.4, -0.2) is 0 Å². The van der Waals surface area contributed by atoms with Crippen molar-refractivity contribution in [3.8, 4) is 55.6 Å². The molecule has 2 nitrogen and oxygen atoms in total. The van der Waals surface area contributed by atoms with Gasteiger partial charge in [-0.15, -0.1) is 0 Å². The highest BCUT2D eigenvalue weighted by Gasteiger charge is 2.09. The van der Waals surface area contributed by atoms with Gasteiger partial charge in [-0.25, -0.2) is 0 Å². The van der Waals surface area contributed by atoms with Gasteiger partial charge in [0.1, 0.15) is 0 Å². The van der Waals surface area contributed by atoms with Gasteiger partial charge in [0.05, 0.1) is 0 Å². The van der Waals surface area contributed by atoms with Gasteiger partial charge in [0, 0.05) is 11.4 Å². The molecule has 6 aromatic carbocycles. The molecule has 0 aliphatic carbocycles. The highest BCUT2D eigenvalue weighted by molar-refractivity contribution is 5.83. The molecule has 6 rings (SSSR count). The lowest BCUT2D eigenvalue weighted by Gasteiger charge is -2.13. The van der Waals surface area contributed by atoms with Crippen LogP contribution in [0.15, 0.2) is 140 Å². The molecule has 0 aliphatic heterocycles. The maximum absolute atomic E-state index is 5.98. The minimum atomic E-state index is 0.764. The van der Waals surface area contributed by atoms with Gasteiger partial charge in [-0.3, -0.25) is 0 Å². The van der Waals surface area contributed by atoms with Crippen LogP contribution in [0.3, 0.4) is 0 Å². The second kappa shape index (κ2) is 10.4. The van der Waals surface area contributed by atoms with Crippen LogP contribution in [0, 0.1) is 6.92 Å². The Balaban J connectivity index is 1.40. The highest BCUT2D eigenvalue weighted by Crippen LogP contribution is 2.35. The third-order valence-electron chi connectivity index (χ3n) is 7.24. The lowest BCUT2D eigenvalue weighted by Crippen LogP contribution is -1.88. The molecule has 0 fully saturated rings. The average molecular weight is 503 g/mol. The molecule has 6 aromatic rings. The Morgan fingerprint density at radius 2 is 0.487 bits per heavy atom. The third-order valence-corrected chi connectivity index (χ3v) is 7.24.